The molecule has 6 rings (SSSR count). The number of aliphatic carboxylic acids is 2. The number of carboxylic acid groups (broad SMARTS) is 2. The highest BCUT2D eigenvalue weighted by Crippen LogP contribution is 2.41. The Hall–Kier alpha value is -4.43. The number of nitrogens with one attached hydrogen (secondary N) is 4. The van der Waals surface area contributed by atoms with Gasteiger partial charge in [0, 0.05) is 40.5 Å². The lowest BCUT2D eigenvalue weighted by molar-refractivity contribution is -0.384. The van der Waals surface area contributed by atoms with Crippen LogP contribution in [0.1, 0.15) is 40.5 Å². The quantitative estimate of drug-likeness (QED) is 0.0324. The third kappa shape index (κ3) is 18.5. The number of ether oxygens (including phenoxy) is 11. The Balaban J connectivity index is 1.28. The van der Waals surface area contributed by atoms with Crippen molar-refractivity contribution in [3.05, 3.63) is 0 Å². The molecule has 0 aliphatic carbocycles. The van der Waals surface area contributed by atoms with Crippen LogP contribution in [0, 0.1) is 0 Å². The summed E-state index contributed by atoms with van der Waals surface area (Å²) >= 11 is 0. The van der Waals surface area contributed by atoms with Crippen LogP contribution in [0.3, 0.4) is 0 Å². The minimum Gasteiger partial charge on any atom is -0.477 e. The average molecular weight is 1410 g/mol. The zero-order valence-electron chi connectivity index (χ0n) is 50.5. The number of aliphatic hydroxyl groups excluding tert-OH is 17. The molecule has 32 atom stereocenters. The van der Waals surface area contributed by atoms with E-state index in [1.165, 1.54) is 0 Å². The van der Waals surface area contributed by atoms with Gasteiger partial charge >= 0.3 is 22.3 Å². The Kier molecular flexibility index (Phi) is 27.8. The molecule has 0 spiro atoms. The van der Waals surface area contributed by atoms with Crippen LogP contribution in [0.5, 0.6) is 0 Å². The van der Waals surface area contributed by atoms with Crippen molar-refractivity contribution in [2.75, 3.05) is 39.6 Å². The van der Waals surface area contributed by atoms with Gasteiger partial charge in [0.1, 0.15) is 134 Å². The molecule has 0 unspecified atom stereocenters. The third-order valence-electron chi connectivity index (χ3n) is 16.2. The monoisotopic (exact) mass is 1410 g/mol. The molecule has 548 valence electrons. The molecule has 0 aromatic rings. The van der Waals surface area contributed by atoms with Crippen LogP contribution in [0.4, 0.5) is 0 Å². The lowest BCUT2D eigenvalue weighted by atomic mass is 9.88. The van der Waals surface area contributed by atoms with Crippen LogP contribution in [0.15, 0.2) is 0 Å². The van der Waals surface area contributed by atoms with Gasteiger partial charge in [0.25, 0.3) is 11.6 Å². The molecule has 0 bridgehead atoms. The maximum absolute atomic E-state index is 13.1. The lowest BCUT2D eigenvalue weighted by Crippen LogP contribution is -2.71. The largest absolute Gasteiger partial charge is 0.477 e. The van der Waals surface area contributed by atoms with Gasteiger partial charge in [0.05, 0.1) is 63.9 Å². The molecule has 0 aromatic carbocycles. The molecule has 6 saturated heterocycles. The van der Waals surface area contributed by atoms with E-state index in [1.807, 2.05) is 0 Å². The molecule has 44 nitrogen and oxygen atoms in total. The predicted octanol–water partition coefficient (Wildman–Crippen LogP) is -15.3. The molecule has 6 aliphatic heterocycles. The van der Waals surface area contributed by atoms with Crippen molar-refractivity contribution < 1.29 is 195 Å². The summed E-state index contributed by atoms with van der Waals surface area (Å²) in [6.45, 7) is -3.68. The van der Waals surface area contributed by atoms with E-state index in [1.54, 1.807) is 0 Å². The third-order valence-corrected chi connectivity index (χ3v) is 16.6. The maximum atomic E-state index is 13.1. The van der Waals surface area contributed by atoms with Gasteiger partial charge in [-0.25, -0.2) is 13.8 Å². The van der Waals surface area contributed by atoms with E-state index >= 15 is 0 Å². The molecule has 24 N–H and O–H groups in total. The smallest absolute Gasteiger partial charge is 0.397 e. The summed E-state index contributed by atoms with van der Waals surface area (Å²) in [5, 5.41) is 217. The van der Waals surface area contributed by atoms with Crippen LogP contribution in [-0.4, -0.2) is 380 Å². The molecule has 45 heteroatoms. The normalized spacial score (nSPS) is 42.3. The molecule has 6 heterocycles. The second-order valence-corrected chi connectivity index (χ2v) is 24.2. The summed E-state index contributed by atoms with van der Waals surface area (Å²) in [6.07, 6.45) is -60.8. The number of hydrogen-bond acceptors (Lipinski definition) is 37. The number of rotatable bonds is 28. The highest BCUT2D eigenvalue weighted by molar-refractivity contribution is 7.80. The summed E-state index contributed by atoms with van der Waals surface area (Å²) in [6, 6.07) is -7.40. The lowest BCUT2D eigenvalue weighted by Gasteiger charge is -2.51. The summed E-state index contributed by atoms with van der Waals surface area (Å²) < 4.78 is 101. The molecule has 0 saturated carbocycles. The highest BCUT2D eigenvalue weighted by Gasteiger charge is 2.63. The molecule has 95 heavy (non-hydrogen) atoms. The minimum atomic E-state index is -5.50. The number of amides is 4. The van der Waals surface area contributed by atoms with Crippen molar-refractivity contribution >= 4 is 46.0 Å². The van der Waals surface area contributed by atoms with Crippen LogP contribution < -0.4 is 21.3 Å². The minimum absolute atomic E-state index is 0.867. The Bertz CT molecular complexity index is 2710. The van der Waals surface area contributed by atoms with Gasteiger partial charge in [-0.1, -0.05) is 0 Å². The first-order valence-electron chi connectivity index (χ1n) is 29.0. The van der Waals surface area contributed by atoms with Gasteiger partial charge in [0.2, 0.25) is 23.6 Å². The zero-order chi connectivity index (χ0) is 71.3. The molecule has 6 aliphatic rings. The van der Waals surface area contributed by atoms with Crippen LogP contribution in [-0.2, 0) is 95.5 Å². The first-order valence-corrected chi connectivity index (χ1v) is 30.4. The molecular formula is C50H82N4O40S. The van der Waals surface area contributed by atoms with Crippen molar-refractivity contribution in [1.29, 1.82) is 0 Å². The number of carboxylic acids is 2. The van der Waals surface area contributed by atoms with Gasteiger partial charge in [-0.2, -0.15) is 8.42 Å². The van der Waals surface area contributed by atoms with E-state index in [4.69, 9.17) is 52.1 Å². The van der Waals surface area contributed by atoms with Crippen molar-refractivity contribution in [3.63, 3.8) is 0 Å². The Morgan fingerprint density at radius 3 is 1.24 bits per heavy atom. The summed E-state index contributed by atoms with van der Waals surface area (Å²) in [5.41, 5.74) is 0. The fourth-order valence-electron chi connectivity index (χ4n) is 11.6. The van der Waals surface area contributed by atoms with Crippen LogP contribution >= 0.6 is 0 Å². The average Bonchev–Trinajstić information content (AvgIpc) is 0.760. The summed E-state index contributed by atoms with van der Waals surface area (Å²) in [5.74, 6) is -14.6. The van der Waals surface area contributed by atoms with Gasteiger partial charge < -0.3 is 170 Å². The van der Waals surface area contributed by atoms with Gasteiger partial charge in [0.15, 0.2) is 25.2 Å². The highest BCUT2D eigenvalue weighted by atomic mass is 32.3. The number of carbonyl (C=O) groups excluding carboxylic acids is 4. The standard InChI is InChI=1S/C50H82N4O40S/c1-13(59)51-25-17(63)5-49(47(76)77,91-39(25)29(67)19(65)7-55)93-41-31(69)21(9-57)86-45(35(41)73)89-37-24(12-84-95(80,81)82)88-44(27(34(37)72)53-15(3)61)83-11-23-33(71)38(28(43(75)85-23)54-16(4)62)90-46-36(74)42(32(70)22(10-58)87-46)94-50(48(78)79)6-18(64)26(52-14(2)60)40(92-50)30(68)20(66)8-56/h17-46,55-58,63-75H,5-12H2,1-4H3,(H,51,59)(H,52,60)(H,53,61)(H,54,62)(H,76,77)(H,78,79)(H,80,81,82)/t17-,18-,19+,20+,21+,22+,23+,24+,25+,26+,27+,28+,29+,30+,31-,32-,33-,34+,35+,36+,37+,38+,39+,40+,41-,42-,43-,44+,45-,46-,49-,50-/m0/s1. The van der Waals surface area contributed by atoms with E-state index < -0.39 is 294 Å². The van der Waals surface area contributed by atoms with Crippen molar-refractivity contribution in [3.8, 4) is 0 Å². The van der Waals surface area contributed by atoms with E-state index in [2.05, 4.69) is 25.5 Å². The maximum Gasteiger partial charge on any atom is 0.397 e. The number of carbonyl (C=O) groups is 6. The second kappa shape index (κ2) is 33.2. The fourth-order valence-corrected chi connectivity index (χ4v) is 11.9. The first kappa shape index (κ1) is 79.6. The zero-order valence-corrected chi connectivity index (χ0v) is 51.3. The SMILES string of the molecule is CC(=O)N[C@@H]1[C@@H](O[C@@H]2O[C@H](CO)[C@H](O)[C@H](O[C@]3(C(=O)O)C[C@H](O)[C@@H](NC(C)=O)[C@H]([C@H](O)[C@H](O)CO)O3)[C@H]2O)[C@@H](O)[C@@H](CO[C@@H]2O[C@H](COS(=O)(=O)O)[C@@H](O[C@@H]3O[C@H](CO)[C@H](O)[C@H](O[C@]4(C(=O)O)C[C@H](O)[C@@H](NC(C)=O)[C@H]([C@H](O)[C@H](O)CO)O4)[C@H]3O)[C@H](O)[C@H]2NC(C)=O)O[C@@H]1O. The fraction of sp³-hybridized carbons (Fsp3) is 0.880. The van der Waals surface area contributed by atoms with Crippen molar-refractivity contribution in [2.24, 2.45) is 0 Å². The number of hydrogen-bond donors (Lipinski definition) is 24. The molecule has 4 amide bonds. The Morgan fingerprint density at radius 2 is 0.863 bits per heavy atom. The van der Waals surface area contributed by atoms with Crippen molar-refractivity contribution in [1.82, 2.24) is 21.3 Å². The Morgan fingerprint density at radius 1 is 0.484 bits per heavy atom. The number of aliphatic hydroxyl groups is 17. The van der Waals surface area contributed by atoms with E-state index in [-0.39, 0.29) is 0 Å². The van der Waals surface area contributed by atoms with Crippen molar-refractivity contribution in [2.45, 2.75) is 236 Å². The molecular weight excluding hydrogens is 1330 g/mol. The molecule has 0 aromatic heterocycles. The van der Waals surface area contributed by atoms with E-state index in [9.17, 15) is 139 Å². The van der Waals surface area contributed by atoms with Crippen LogP contribution in [0.2, 0.25) is 0 Å². The van der Waals surface area contributed by atoms with Gasteiger partial charge in [-0.15, -0.1) is 0 Å². The van der Waals surface area contributed by atoms with Crippen LogP contribution in [0.25, 0.3) is 0 Å². The van der Waals surface area contributed by atoms with Gasteiger partial charge in [-0.05, 0) is 0 Å². The molecule has 6 fully saturated rings. The summed E-state index contributed by atoms with van der Waals surface area (Å²) in [7, 11) is -5.50. The first-order chi connectivity index (χ1) is 44.3. The molecule has 0 radical (unpaired) electrons. The van der Waals surface area contributed by atoms with E-state index in [0.717, 1.165) is 27.7 Å². The second-order valence-electron chi connectivity index (χ2n) is 23.1. The predicted molar refractivity (Wildman–Crippen MR) is 290 cm³/mol. The Labute approximate surface area is 536 Å². The van der Waals surface area contributed by atoms with E-state index in [0.29, 0.717) is 0 Å². The summed E-state index contributed by atoms with van der Waals surface area (Å²) in [4.78, 5) is 75.8. The van der Waals surface area contributed by atoms with Gasteiger partial charge in [-0.3, -0.25) is 23.7 Å². The topological polar surface area (TPSA) is 700 Å².